The number of allylic oxidation sites excluding steroid dienone is 5. The molecule has 0 radical (unpaired) electrons. The largest absolute Gasteiger partial charge is 0.325 e. The third-order valence-corrected chi connectivity index (χ3v) is 1.49. The van der Waals surface area contributed by atoms with Gasteiger partial charge < -0.3 is 5.32 Å². The lowest BCUT2D eigenvalue weighted by atomic mass is 10.3. The summed E-state index contributed by atoms with van der Waals surface area (Å²) in [6.45, 7) is 3.93. The van der Waals surface area contributed by atoms with Crippen molar-refractivity contribution in [3.05, 3.63) is 42.4 Å². The average molecular weight is 190 g/mol. The Kier molecular flexibility index (Phi) is 4.20. The first kappa shape index (κ1) is 10.2. The fourth-order valence-corrected chi connectivity index (χ4v) is 0.921. The van der Waals surface area contributed by atoms with Crippen molar-refractivity contribution in [2.24, 2.45) is 0 Å². The van der Waals surface area contributed by atoms with E-state index in [1.807, 2.05) is 44.2 Å². The molecule has 1 rings (SSSR count). The highest BCUT2D eigenvalue weighted by atomic mass is 15.3. The van der Waals surface area contributed by atoms with Gasteiger partial charge in [0.05, 0.1) is 0 Å². The first-order chi connectivity index (χ1) is 6.86. The van der Waals surface area contributed by atoms with E-state index in [1.54, 1.807) is 0 Å². The van der Waals surface area contributed by atoms with Gasteiger partial charge in [0.15, 0.2) is 0 Å². The minimum absolute atomic E-state index is 0.638. The number of hydrogen-bond donors (Lipinski definition) is 2. The second-order valence-corrected chi connectivity index (χ2v) is 2.61. The van der Waals surface area contributed by atoms with E-state index >= 15 is 0 Å². The first-order valence-corrected chi connectivity index (χ1v) is 4.45. The summed E-state index contributed by atoms with van der Waals surface area (Å²) < 4.78 is 0. The molecule has 0 amide bonds. The van der Waals surface area contributed by atoms with Crippen LogP contribution in [-0.4, -0.2) is 15.2 Å². The van der Waals surface area contributed by atoms with E-state index in [0.29, 0.717) is 5.95 Å². The molecule has 0 atom stereocenters. The number of rotatable bonds is 4. The van der Waals surface area contributed by atoms with Gasteiger partial charge in [-0.25, -0.2) is 5.10 Å². The van der Waals surface area contributed by atoms with Gasteiger partial charge in [-0.15, -0.1) is 0 Å². The summed E-state index contributed by atoms with van der Waals surface area (Å²) in [4.78, 5) is 3.97. The van der Waals surface area contributed by atoms with Crippen molar-refractivity contribution in [2.45, 2.75) is 13.8 Å². The van der Waals surface area contributed by atoms with Crippen molar-refractivity contribution in [2.75, 3.05) is 5.32 Å². The summed E-state index contributed by atoms with van der Waals surface area (Å²) in [5.41, 5.74) is 0.961. The Morgan fingerprint density at radius 2 is 2.29 bits per heavy atom. The Hall–Kier alpha value is -1.84. The molecular formula is C10H14N4. The molecule has 1 aromatic rings. The number of H-pyrrole nitrogens is 1. The number of nitrogens with one attached hydrogen (secondary N) is 2. The highest BCUT2D eigenvalue weighted by Crippen LogP contribution is 2.02. The van der Waals surface area contributed by atoms with E-state index < -0.39 is 0 Å². The average Bonchev–Trinajstić information content (AvgIpc) is 2.67. The summed E-state index contributed by atoms with van der Waals surface area (Å²) in [6, 6.07) is 0. The first-order valence-electron chi connectivity index (χ1n) is 4.45. The van der Waals surface area contributed by atoms with Crippen molar-refractivity contribution < 1.29 is 0 Å². The van der Waals surface area contributed by atoms with E-state index in [0.717, 1.165) is 5.70 Å². The third-order valence-electron chi connectivity index (χ3n) is 1.49. The topological polar surface area (TPSA) is 53.6 Å². The van der Waals surface area contributed by atoms with Gasteiger partial charge in [0.25, 0.3) is 0 Å². The van der Waals surface area contributed by atoms with Gasteiger partial charge in [-0.1, -0.05) is 18.2 Å². The zero-order chi connectivity index (χ0) is 10.2. The number of hydrogen-bond acceptors (Lipinski definition) is 3. The standard InChI is InChI=1S/C10H14N4/c1-3-5-7-9(6-4-2)13-10-11-8-12-14-10/h3-8H,1-2H3,(H2,11,12,13,14)/b5-3-,6-4-,9-7+. The maximum Gasteiger partial charge on any atom is 0.222 e. The molecule has 2 N–H and O–H groups in total. The molecule has 0 aliphatic carbocycles. The molecule has 0 unspecified atom stereocenters. The quantitative estimate of drug-likeness (QED) is 0.716. The van der Waals surface area contributed by atoms with Crippen molar-refractivity contribution in [1.29, 1.82) is 0 Å². The highest BCUT2D eigenvalue weighted by molar-refractivity contribution is 5.40. The molecule has 0 aliphatic rings. The minimum atomic E-state index is 0.638. The third kappa shape index (κ3) is 3.26. The van der Waals surface area contributed by atoms with E-state index in [4.69, 9.17) is 0 Å². The number of aromatic amines is 1. The van der Waals surface area contributed by atoms with E-state index in [-0.39, 0.29) is 0 Å². The van der Waals surface area contributed by atoms with Gasteiger partial charge in [0, 0.05) is 5.70 Å². The molecule has 0 aliphatic heterocycles. The van der Waals surface area contributed by atoms with Crippen LogP contribution in [0, 0.1) is 0 Å². The number of nitrogens with zero attached hydrogens (tertiary/aromatic N) is 2. The molecule has 0 bridgehead atoms. The van der Waals surface area contributed by atoms with Crippen LogP contribution in [0.1, 0.15) is 13.8 Å². The summed E-state index contributed by atoms with van der Waals surface area (Å²) in [5.74, 6) is 0.638. The molecule has 0 spiro atoms. The summed E-state index contributed by atoms with van der Waals surface area (Å²) in [6.07, 6.45) is 11.3. The lowest BCUT2D eigenvalue weighted by Crippen LogP contribution is -1.98. The molecule has 4 heteroatoms. The van der Waals surface area contributed by atoms with Crippen molar-refractivity contribution in [1.82, 2.24) is 15.2 Å². The maximum absolute atomic E-state index is 3.97. The Labute approximate surface area is 83.4 Å². The fourth-order valence-electron chi connectivity index (χ4n) is 0.921. The molecule has 0 fully saturated rings. The van der Waals surface area contributed by atoms with Gasteiger partial charge in [-0.3, -0.25) is 0 Å². The molecule has 0 saturated carbocycles. The van der Waals surface area contributed by atoms with E-state index in [1.165, 1.54) is 6.33 Å². The number of aromatic nitrogens is 3. The molecule has 14 heavy (non-hydrogen) atoms. The maximum atomic E-state index is 3.97. The predicted molar refractivity (Wildman–Crippen MR) is 57.7 cm³/mol. The second kappa shape index (κ2) is 5.75. The molecule has 74 valence electrons. The summed E-state index contributed by atoms with van der Waals surface area (Å²) >= 11 is 0. The van der Waals surface area contributed by atoms with Crippen LogP contribution in [-0.2, 0) is 0 Å². The summed E-state index contributed by atoms with van der Waals surface area (Å²) in [7, 11) is 0. The van der Waals surface area contributed by atoms with Crippen LogP contribution < -0.4 is 5.32 Å². The van der Waals surface area contributed by atoms with Crippen LogP contribution in [0.15, 0.2) is 42.4 Å². The summed E-state index contributed by atoms with van der Waals surface area (Å²) in [5, 5.41) is 9.57. The van der Waals surface area contributed by atoms with Crippen LogP contribution in [0.2, 0.25) is 0 Å². The number of anilines is 1. The van der Waals surface area contributed by atoms with Gasteiger partial charge in [0.2, 0.25) is 5.95 Å². The molecule has 4 nitrogen and oxygen atoms in total. The Morgan fingerprint density at radius 3 is 2.86 bits per heavy atom. The van der Waals surface area contributed by atoms with E-state index in [9.17, 15) is 0 Å². The van der Waals surface area contributed by atoms with Gasteiger partial charge >= 0.3 is 0 Å². The van der Waals surface area contributed by atoms with Gasteiger partial charge in [-0.2, -0.15) is 10.1 Å². The van der Waals surface area contributed by atoms with Crippen LogP contribution >= 0.6 is 0 Å². The molecule has 1 heterocycles. The smallest absolute Gasteiger partial charge is 0.222 e. The van der Waals surface area contributed by atoms with Crippen LogP contribution in [0.25, 0.3) is 0 Å². The Bertz CT molecular complexity index is 333. The molecule has 1 aromatic heterocycles. The van der Waals surface area contributed by atoms with Crippen LogP contribution in [0.3, 0.4) is 0 Å². The predicted octanol–water partition coefficient (Wildman–Crippen LogP) is 2.25. The fraction of sp³-hybridized carbons (Fsp3) is 0.200. The molecule has 0 aromatic carbocycles. The van der Waals surface area contributed by atoms with Crippen LogP contribution in [0.4, 0.5) is 5.95 Å². The molecular weight excluding hydrogens is 176 g/mol. The van der Waals surface area contributed by atoms with E-state index in [2.05, 4.69) is 20.5 Å². The van der Waals surface area contributed by atoms with Gasteiger partial charge in [0.1, 0.15) is 6.33 Å². The zero-order valence-electron chi connectivity index (χ0n) is 8.36. The van der Waals surface area contributed by atoms with Crippen molar-refractivity contribution >= 4 is 5.95 Å². The lowest BCUT2D eigenvalue weighted by molar-refractivity contribution is 1.09. The SMILES string of the molecule is C\C=C/C=C(\C=C/C)Nc1ncn[nH]1. The molecule has 0 saturated heterocycles. The van der Waals surface area contributed by atoms with Crippen molar-refractivity contribution in [3.63, 3.8) is 0 Å². The second-order valence-electron chi connectivity index (χ2n) is 2.61. The Balaban J connectivity index is 2.70. The zero-order valence-corrected chi connectivity index (χ0v) is 8.36. The Morgan fingerprint density at radius 1 is 1.43 bits per heavy atom. The van der Waals surface area contributed by atoms with Crippen LogP contribution in [0.5, 0.6) is 0 Å². The van der Waals surface area contributed by atoms with Crippen molar-refractivity contribution in [3.8, 4) is 0 Å². The van der Waals surface area contributed by atoms with Gasteiger partial charge in [-0.05, 0) is 26.0 Å². The highest BCUT2D eigenvalue weighted by Gasteiger charge is 1.94. The normalized spacial score (nSPS) is 12.9. The minimum Gasteiger partial charge on any atom is -0.325 e. The lowest BCUT2D eigenvalue weighted by Gasteiger charge is -2.01. The monoisotopic (exact) mass is 190 g/mol.